The van der Waals surface area contributed by atoms with Crippen molar-refractivity contribution in [1.29, 1.82) is 0 Å². The van der Waals surface area contributed by atoms with Gasteiger partial charge in [-0.2, -0.15) is 0 Å². The van der Waals surface area contributed by atoms with Crippen LogP contribution in [0, 0.1) is 6.92 Å². The smallest absolute Gasteiger partial charge is 0.254 e. The quantitative estimate of drug-likeness (QED) is 0.368. The van der Waals surface area contributed by atoms with Gasteiger partial charge in [0, 0.05) is 68.5 Å². The molecule has 0 unspecified atom stereocenters. The number of aryl methyl sites for hydroxylation is 1. The lowest BCUT2D eigenvalue weighted by Gasteiger charge is -2.47. The van der Waals surface area contributed by atoms with Crippen LogP contribution in [0.2, 0.25) is 0 Å². The van der Waals surface area contributed by atoms with E-state index in [1.807, 2.05) is 48.2 Å². The number of sulfone groups is 1. The van der Waals surface area contributed by atoms with Crippen molar-refractivity contribution in [3.05, 3.63) is 77.4 Å². The summed E-state index contributed by atoms with van der Waals surface area (Å²) < 4.78 is 43.3. The van der Waals surface area contributed by atoms with Gasteiger partial charge in [-0.1, -0.05) is 30.3 Å². The fraction of sp³-hybridized carbons (Fsp3) is 0.441. The van der Waals surface area contributed by atoms with E-state index in [1.54, 1.807) is 18.2 Å². The maximum atomic E-state index is 13.6. The minimum Gasteiger partial charge on any atom is -0.495 e. The number of likely N-dealkylation sites (tertiary alicyclic amines) is 1. The van der Waals surface area contributed by atoms with Crippen molar-refractivity contribution in [2.24, 2.45) is 0 Å². The summed E-state index contributed by atoms with van der Waals surface area (Å²) in [6.07, 6.45) is 1.98. The molecular weight excluding hydrogens is 578 g/mol. The predicted octanol–water partition coefficient (Wildman–Crippen LogP) is 4.94. The van der Waals surface area contributed by atoms with E-state index in [1.165, 1.54) is 13.2 Å². The van der Waals surface area contributed by atoms with Crippen molar-refractivity contribution in [3.8, 4) is 17.2 Å². The molecule has 3 aromatic rings. The number of amides is 1. The molecule has 2 saturated heterocycles. The van der Waals surface area contributed by atoms with Gasteiger partial charge in [-0.15, -0.1) is 0 Å². The number of nitrogens with zero attached hydrogens (tertiary/aromatic N) is 3. The van der Waals surface area contributed by atoms with Crippen molar-refractivity contribution >= 4 is 15.7 Å². The monoisotopic (exact) mass is 619 g/mol. The van der Waals surface area contributed by atoms with Crippen molar-refractivity contribution in [2.75, 3.05) is 46.6 Å². The third kappa shape index (κ3) is 5.78. The fourth-order valence-corrected chi connectivity index (χ4v) is 8.26. The highest BCUT2D eigenvalue weighted by Gasteiger charge is 2.34. The number of methoxy groups -OCH3 is 1. The third-order valence-electron chi connectivity index (χ3n) is 9.47. The zero-order valence-electron chi connectivity index (χ0n) is 25.9. The van der Waals surface area contributed by atoms with Crippen molar-refractivity contribution < 1.29 is 27.4 Å². The Hall–Kier alpha value is -3.60. The number of benzene rings is 3. The molecule has 2 atom stereocenters. The van der Waals surface area contributed by atoms with E-state index < -0.39 is 9.84 Å². The summed E-state index contributed by atoms with van der Waals surface area (Å²) in [5, 5.41) is 0. The van der Waals surface area contributed by atoms with Crippen LogP contribution >= 0.6 is 0 Å². The molecule has 0 radical (unpaired) electrons. The summed E-state index contributed by atoms with van der Waals surface area (Å²) >= 11 is 0. The molecule has 1 amide bonds. The van der Waals surface area contributed by atoms with Gasteiger partial charge in [-0.3, -0.25) is 14.6 Å². The van der Waals surface area contributed by atoms with Gasteiger partial charge in [0.25, 0.3) is 5.91 Å². The first kappa shape index (κ1) is 30.4. The minimum atomic E-state index is -3.83. The van der Waals surface area contributed by atoms with E-state index in [0.29, 0.717) is 23.6 Å². The van der Waals surface area contributed by atoms with Crippen LogP contribution in [0.15, 0.2) is 70.5 Å². The van der Waals surface area contributed by atoms with E-state index in [-0.39, 0.29) is 34.3 Å². The molecule has 0 aliphatic carbocycles. The maximum Gasteiger partial charge on any atom is 0.254 e. The molecule has 9 nitrogen and oxygen atoms in total. The van der Waals surface area contributed by atoms with Gasteiger partial charge in [-0.25, -0.2) is 8.42 Å². The summed E-state index contributed by atoms with van der Waals surface area (Å²) in [6.45, 7) is 11.0. The average molecular weight is 620 g/mol. The van der Waals surface area contributed by atoms with E-state index >= 15 is 0 Å². The van der Waals surface area contributed by atoms with Crippen LogP contribution in [-0.2, 0) is 9.84 Å². The number of hydrogen-bond acceptors (Lipinski definition) is 8. The van der Waals surface area contributed by atoms with Crippen molar-refractivity contribution in [2.45, 2.75) is 61.5 Å². The molecule has 2 fully saturated rings. The van der Waals surface area contributed by atoms with Gasteiger partial charge < -0.3 is 19.1 Å². The molecule has 6 rings (SSSR count). The first-order chi connectivity index (χ1) is 21.2. The molecule has 3 heterocycles. The standard InChI is InChI=1S/C34H41N3O6S/c1-23-7-5-6-8-29(23)34(38)35-15-13-27(14-16-35)36-17-18-37(24(2)21-36)25(3)26-9-11-28(12-10-26)44(39,40)33-20-31-30(42-22-43-31)19-32(33)41-4/h5-12,19-20,24-25,27H,13-18,21-22H2,1-4H3/t24-,25+/m1/s1. The Labute approximate surface area is 260 Å². The molecule has 3 aliphatic rings. The third-order valence-corrected chi connectivity index (χ3v) is 11.3. The van der Waals surface area contributed by atoms with Gasteiger partial charge >= 0.3 is 0 Å². The SMILES string of the molecule is COc1cc2c(cc1S(=O)(=O)c1ccc([C@H](C)N3CCN(C4CCN(C(=O)c5ccccc5C)CC4)C[C@H]3C)cc1)OCO2. The molecule has 0 aromatic heterocycles. The van der Waals surface area contributed by atoms with Gasteiger partial charge in [0.15, 0.2) is 11.5 Å². The molecule has 0 N–H and O–H groups in total. The lowest BCUT2D eigenvalue weighted by atomic mass is 9.98. The fourth-order valence-electron chi connectivity index (χ4n) is 6.84. The predicted molar refractivity (Wildman–Crippen MR) is 167 cm³/mol. The highest BCUT2D eigenvalue weighted by molar-refractivity contribution is 7.91. The number of fused-ring (bicyclic) bond motifs is 1. The second kappa shape index (κ2) is 12.4. The molecule has 3 aromatic carbocycles. The zero-order valence-corrected chi connectivity index (χ0v) is 26.7. The summed E-state index contributed by atoms with van der Waals surface area (Å²) in [6, 6.07) is 19.0. The number of piperidine rings is 1. The van der Waals surface area contributed by atoms with Crippen molar-refractivity contribution in [3.63, 3.8) is 0 Å². The lowest BCUT2D eigenvalue weighted by molar-refractivity contribution is 0.0135. The molecule has 44 heavy (non-hydrogen) atoms. The second-order valence-electron chi connectivity index (χ2n) is 12.0. The van der Waals surface area contributed by atoms with Crippen LogP contribution in [0.3, 0.4) is 0 Å². The Balaban J connectivity index is 1.07. The summed E-state index contributed by atoms with van der Waals surface area (Å²) in [7, 11) is -2.39. The van der Waals surface area contributed by atoms with E-state index in [4.69, 9.17) is 14.2 Å². The lowest BCUT2D eigenvalue weighted by Crippen LogP contribution is -2.57. The Morgan fingerprint density at radius 1 is 0.955 bits per heavy atom. The van der Waals surface area contributed by atoms with E-state index in [0.717, 1.165) is 62.3 Å². The second-order valence-corrected chi connectivity index (χ2v) is 13.9. The molecule has 0 saturated carbocycles. The van der Waals surface area contributed by atoms with Gasteiger partial charge in [-0.05, 0) is 62.9 Å². The highest BCUT2D eigenvalue weighted by Crippen LogP contribution is 2.42. The van der Waals surface area contributed by atoms with Gasteiger partial charge in [0.1, 0.15) is 10.6 Å². The highest BCUT2D eigenvalue weighted by atomic mass is 32.2. The number of carbonyl (C=O) groups excluding carboxylic acids is 1. The Kier molecular flexibility index (Phi) is 8.59. The van der Waals surface area contributed by atoms with Crippen LogP contribution < -0.4 is 14.2 Å². The molecule has 0 spiro atoms. The van der Waals surface area contributed by atoms with Gasteiger partial charge in [0.05, 0.1) is 12.0 Å². The van der Waals surface area contributed by atoms with Crippen LogP contribution in [-0.4, -0.2) is 87.7 Å². The molecular formula is C34H41N3O6S. The first-order valence-corrected chi connectivity index (χ1v) is 16.8. The average Bonchev–Trinajstić information content (AvgIpc) is 3.51. The largest absolute Gasteiger partial charge is 0.495 e. The van der Waals surface area contributed by atoms with Crippen LogP contribution in [0.1, 0.15) is 54.2 Å². The molecule has 0 bridgehead atoms. The van der Waals surface area contributed by atoms with Crippen LogP contribution in [0.25, 0.3) is 0 Å². The normalized spacial score (nSPS) is 20.5. The summed E-state index contributed by atoms with van der Waals surface area (Å²) in [5.74, 6) is 1.23. The number of ether oxygens (including phenoxy) is 3. The molecule has 10 heteroatoms. The van der Waals surface area contributed by atoms with E-state index in [9.17, 15) is 13.2 Å². The van der Waals surface area contributed by atoms with Crippen molar-refractivity contribution in [1.82, 2.24) is 14.7 Å². The number of carbonyl (C=O) groups is 1. The molecule has 3 aliphatic heterocycles. The Bertz CT molecular complexity index is 1620. The Morgan fingerprint density at radius 3 is 2.30 bits per heavy atom. The Morgan fingerprint density at radius 2 is 1.64 bits per heavy atom. The number of rotatable bonds is 7. The van der Waals surface area contributed by atoms with Crippen LogP contribution in [0.5, 0.6) is 17.2 Å². The topological polar surface area (TPSA) is 88.6 Å². The van der Waals surface area contributed by atoms with Crippen LogP contribution in [0.4, 0.5) is 0 Å². The first-order valence-electron chi connectivity index (χ1n) is 15.3. The van der Waals surface area contributed by atoms with Gasteiger partial charge in [0.2, 0.25) is 16.6 Å². The van der Waals surface area contributed by atoms with E-state index in [2.05, 4.69) is 23.6 Å². The summed E-state index contributed by atoms with van der Waals surface area (Å²) in [5.41, 5.74) is 2.91. The molecule has 234 valence electrons. The summed E-state index contributed by atoms with van der Waals surface area (Å²) in [4.78, 5) is 20.4. The number of hydrogen-bond donors (Lipinski definition) is 0. The zero-order chi connectivity index (χ0) is 31.0. The number of piperazine rings is 1. The maximum absolute atomic E-state index is 13.6. The minimum absolute atomic E-state index is 0.0516.